The molecule has 1 saturated heterocycles. The van der Waals surface area contributed by atoms with Crippen LogP contribution in [-0.2, 0) is 4.79 Å². The van der Waals surface area contributed by atoms with Gasteiger partial charge in [-0.25, -0.2) is 0 Å². The Labute approximate surface area is 62.5 Å². The summed E-state index contributed by atoms with van der Waals surface area (Å²) in [5.74, 6) is 0. The molecular formula is C8H15NO. The van der Waals surface area contributed by atoms with Crippen LogP contribution in [0.1, 0.15) is 12.8 Å². The Hall–Kier alpha value is -0.630. The van der Waals surface area contributed by atoms with Crippen LogP contribution in [0.4, 0.5) is 0 Å². The second-order valence-corrected chi connectivity index (χ2v) is 2.38. The lowest BCUT2D eigenvalue weighted by atomic mass is 10.4. The fourth-order valence-electron chi connectivity index (χ4n) is 0.875. The predicted octanol–water partition coefficient (Wildman–Crippen LogP) is 1.08. The zero-order chi connectivity index (χ0) is 7.82. The molecule has 0 aliphatic carbocycles. The molecule has 0 unspecified atom stereocenters. The van der Waals surface area contributed by atoms with E-state index in [0.717, 1.165) is 0 Å². The van der Waals surface area contributed by atoms with E-state index in [9.17, 15) is 0 Å². The smallest absolute Gasteiger partial charge is 0.142 e. The highest BCUT2D eigenvalue weighted by molar-refractivity contribution is 5.63. The van der Waals surface area contributed by atoms with Gasteiger partial charge in [-0.3, -0.25) is 4.79 Å². The molecule has 1 rings (SSSR count). The van der Waals surface area contributed by atoms with Gasteiger partial charge in [0.15, 0.2) is 0 Å². The van der Waals surface area contributed by atoms with Crippen LogP contribution in [0.15, 0.2) is 12.7 Å². The summed E-state index contributed by atoms with van der Waals surface area (Å²) in [6.07, 6.45) is 4.66. The second-order valence-electron chi connectivity index (χ2n) is 2.38. The van der Waals surface area contributed by atoms with Crippen LogP contribution >= 0.6 is 0 Å². The van der Waals surface area contributed by atoms with Crippen LogP contribution in [0, 0.1) is 0 Å². The highest BCUT2D eigenvalue weighted by Crippen LogP contribution is 2.01. The third kappa shape index (κ3) is 5.51. The number of likely N-dealkylation sites (tertiary alicyclic amines) is 1. The molecule has 0 atom stereocenters. The molecule has 1 heterocycles. The molecule has 1 fully saturated rings. The first-order chi connectivity index (χ1) is 4.81. The fraction of sp³-hybridized carbons (Fsp3) is 0.625. The molecule has 0 bridgehead atoms. The van der Waals surface area contributed by atoms with Gasteiger partial charge in [-0.05, 0) is 39.1 Å². The van der Waals surface area contributed by atoms with Gasteiger partial charge in [0.25, 0.3) is 0 Å². The van der Waals surface area contributed by atoms with Crippen LogP contribution in [0.5, 0.6) is 0 Å². The lowest BCUT2D eigenvalue weighted by Crippen LogP contribution is -2.10. The molecule has 0 N–H and O–H groups in total. The highest BCUT2D eigenvalue weighted by atomic mass is 16.1. The van der Waals surface area contributed by atoms with Crippen molar-refractivity contribution in [3.8, 4) is 0 Å². The molecule has 0 spiro atoms. The Morgan fingerprint density at radius 1 is 1.40 bits per heavy atom. The summed E-state index contributed by atoms with van der Waals surface area (Å²) in [6.45, 7) is 5.75. The second kappa shape index (κ2) is 6.49. The first kappa shape index (κ1) is 9.37. The number of carbonyl (C=O) groups is 1. The van der Waals surface area contributed by atoms with Gasteiger partial charge in [-0.15, -0.1) is 0 Å². The number of rotatable bonds is 1. The van der Waals surface area contributed by atoms with Crippen LogP contribution in [-0.4, -0.2) is 31.3 Å². The number of hydrogen-bond donors (Lipinski definition) is 0. The largest absolute Gasteiger partial charge is 0.306 e. The number of nitrogens with zero attached hydrogens (tertiary/aromatic N) is 1. The summed E-state index contributed by atoms with van der Waals surface area (Å²) in [7, 11) is 2.17. The average molecular weight is 141 g/mol. The van der Waals surface area contributed by atoms with Crippen molar-refractivity contribution < 1.29 is 4.79 Å². The van der Waals surface area contributed by atoms with Crippen molar-refractivity contribution in [2.75, 3.05) is 20.1 Å². The van der Waals surface area contributed by atoms with Gasteiger partial charge in [0.1, 0.15) is 6.29 Å². The minimum atomic E-state index is 0.639. The lowest BCUT2D eigenvalue weighted by Gasteiger charge is -2.01. The van der Waals surface area contributed by atoms with Gasteiger partial charge in [0.05, 0.1) is 0 Å². The Bertz CT molecular complexity index is 89.4. The number of carbonyl (C=O) groups excluding carboxylic acids is 1. The minimum absolute atomic E-state index is 0.639. The van der Waals surface area contributed by atoms with Crippen LogP contribution in [0.3, 0.4) is 0 Å². The van der Waals surface area contributed by atoms with Gasteiger partial charge in [-0.2, -0.15) is 0 Å². The van der Waals surface area contributed by atoms with Gasteiger partial charge in [0, 0.05) is 0 Å². The van der Waals surface area contributed by atoms with E-state index in [2.05, 4.69) is 18.5 Å². The quantitative estimate of drug-likeness (QED) is 0.402. The van der Waals surface area contributed by atoms with Crippen molar-refractivity contribution in [2.45, 2.75) is 12.8 Å². The van der Waals surface area contributed by atoms with Gasteiger partial charge in [0.2, 0.25) is 0 Å². The molecule has 1 aliphatic heterocycles. The normalized spacial score (nSPS) is 17.3. The first-order valence-corrected chi connectivity index (χ1v) is 3.56. The van der Waals surface area contributed by atoms with E-state index >= 15 is 0 Å². The van der Waals surface area contributed by atoms with Gasteiger partial charge in [-0.1, -0.05) is 6.58 Å². The van der Waals surface area contributed by atoms with E-state index in [1.807, 2.05) is 0 Å². The molecule has 0 aromatic carbocycles. The molecule has 0 saturated carbocycles. The lowest BCUT2D eigenvalue weighted by molar-refractivity contribution is -0.104. The third-order valence-electron chi connectivity index (χ3n) is 1.43. The molecule has 2 heteroatoms. The van der Waals surface area contributed by atoms with Gasteiger partial charge >= 0.3 is 0 Å². The Morgan fingerprint density at radius 3 is 1.90 bits per heavy atom. The summed E-state index contributed by atoms with van der Waals surface area (Å²) in [5, 5.41) is 0. The first-order valence-electron chi connectivity index (χ1n) is 3.56. The van der Waals surface area contributed by atoms with Crippen molar-refractivity contribution in [3.05, 3.63) is 12.7 Å². The van der Waals surface area contributed by atoms with Crippen molar-refractivity contribution in [2.24, 2.45) is 0 Å². The van der Waals surface area contributed by atoms with E-state index in [4.69, 9.17) is 4.79 Å². The van der Waals surface area contributed by atoms with Crippen molar-refractivity contribution >= 4 is 6.29 Å². The summed E-state index contributed by atoms with van der Waals surface area (Å²) < 4.78 is 0. The number of hydrogen-bond acceptors (Lipinski definition) is 2. The molecule has 0 radical (unpaired) electrons. The van der Waals surface area contributed by atoms with Crippen LogP contribution in [0.25, 0.3) is 0 Å². The number of allylic oxidation sites excluding steroid dienone is 1. The Kier molecular flexibility index (Phi) is 6.08. The topological polar surface area (TPSA) is 20.3 Å². The molecule has 2 nitrogen and oxygen atoms in total. The zero-order valence-electron chi connectivity index (χ0n) is 6.55. The molecule has 0 aromatic heterocycles. The third-order valence-corrected chi connectivity index (χ3v) is 1.43. The molecular weight excluding hydrogens is 126 g/mol. The highest BCUT2D eigenvalue weighted by Gasteiger charge is 2.03. The van der Waals surface area contributed by atoms with Crippen molar-refractivity contribution in [3.63, 3.8) is 0 Å². The summed E-state index contributed by atoms with van der Waals surface area (Å²) in [5.41, 5.74) is 0. The Morgan fingerprint density at radius 2 is 1.80 bits per heavy atom. The summed E-state index contributed by atoms with van der Waals surface area (Å²) in [4.78, 5) is 11.4. The molecule has 10 heavy (non-hydrogen) atoms. The van der Waals surface area contributed by atoms with E-state index in [1.165, 1.54) is 32.0 Å². The van der Waals surface area contributed by atoms with Gasteiger partial charge < -0.3 is 4.90 Å². The predicted molar refractivity (Wildman–Crippen MR) is 43.0 cm³/mol. The van der Waals surface area contributed by atoms with E-state index in [-0.39, 0.29) is 0 Å². The number of aldehydes is 1. The van der Waals surface area contributed by atoms with E-state index < -0.39 is 0 Å². The molecule has 0 aromatic rings. The van der Waals surface area contributed by atoms with Crippen LogP contribution < -0.4 is 0 Å². The van der Waals surface area contributed by atoms with E-state index in [0.29, 0.717) is 6.29 Å². The van der Waals surface area contributed by atoms with E-state index in [1.54, 1.807) is 0 Å². The summed E-state index contributed by atoms with van der Waals surface area (Å²) in [6, 6.07) is 0. The maximum atomic E-state index is 9.06. The maximum Gasteiger partial charge on any atom is 0.142 e. The minimum Gasteiger partial charge on any atom is -0.306 e. The fourth-order valence-corrected chi connectivity index (χ4v) is 0.875. The summed E-state index contributed by atoms with van der Waals surface area (Å²) >= 11 is 0. The zero-order valence-corrected chi connectivity index (χ0v) is 6.55. The molecule has 1 aliphatic rings. The molecule has 0 amide bonds. The Balaban J connectivity index is 0.000000180. The van der Waals surface area contributed by atoms with Crippen LogP contribution in [0.2, 0.25) is 0 Å². The van der Waals surface area contributed by atoms with Crippen molar-refractivity contribution in [1.29, 1.82) is 0 Å². The van der Waals surface area contributed by atoms with Crippen molar-refractivity contribution in [1.82, 2.24) is 4.90 Å². The average Bonchev–Trinajstić information content (AvgIpc) is 2.40. The standard InChI is InChI=1S/C5H11N.C3H4O/c1-6-4-2-3-5-6;1-2-3-4/h2-5H2,1H3;2-3H,1H2. The molecule has 58 valence electrons. The maximum absolute atomic E-state index is 9.06. The monoisotopic (exact) mass is 141 g/mol. The SMILES string of the molecule is C=CC=O.CN1CCCC1.